The van der Waals surface area contributed by atoms with E-state index < -0.39 is 11.5 Å². The molecule has 0 amide bonds. The van der Waals surface area contributed by atoms with Crippen molar-refractivity contribution >= 4 is 28.7 Å². The Labute approximate surface area is 152 Å². The summed E-state index contributed by atoms with van der Waals surface area (Å²) in [7, 11) is 1.36. The first-order valence-corrected chi connectivity index (χ1v) is 7.83. The topological polar surface area (TPSA) is 74.5 Å². The molecule has 0 fully saturated rings. The quantitative estimate of drug-likeness (QED) is 0.453. The Morgan fingerprint density at radius 3 is 2.63 bits per heavy atom. The summed E-state index contributed by atoms with van der Waals surface area (Å²) in [4.78, 5) is 15.0. The summed E-state index contributed by atoms with van der Waals surface area (Å²) < 4.78 is 34.2. The van der Waals surface area contributed by atoms with Gasteiger partial charge in [0.1, 0.15) is 0 Å². The molecule has 0 N–H and O–H groups in total. The van der Waals surface area contributed by atoms with Gasteiger partial charge in [0.15, 0.2) is 11.5 Å². The van der Waals surface area contributed by atoms with Crippen molar-refractivity contribution in [3.63, 3.8) is 0 Å². The molecule has 0 aliphatic heterocycles. The molecular weight excluding hydrogens is 358 g/mol. The van der Waals surface area contributed by atoms with Crippen molar-refractivity contribution in [1.82, 2.24) is 4.98 Å². The maximum atomic E-state index is 12.4. The fourth-order valence-electron chi connectivity index (χ4n) is 2.57. The summed E-state index contributed by atoms with van der Waals surface area (Å²) in [5.74, 6) is 0.125. The zero-order chi connectivity index (χ0) is 19.4. The molecule has 27 heavy (non-hydrogen) atoms. The fraction of sp³-hybridized carbons (Fsp3) is 0.105. The largest absolute Gasteiger partial charge is 0.493 e. The second-order valence-electron chi connectivity index (χ2n) is 5.46. The number of nitro benzene ring substituents is 1. The minimum Gasteiger partial charge on any atom is -0.493 e. The van der Waals surface area contributed by atoms with Crippen LogP contribution in [0.15, 0.2) is 48.5 Å². The number of nitrogens with zero attached hydrogens (tertiary/aromatic N) is 2. The lowest BCUT2D eigenvalue weighted by Gasteiger charge is -2.10. The first-order valence-electron chi connectivity index (χ1n) is 7.83. The molecule has 0 saturated heterocycles. The summed E-state index contributed by atoms with van der Waals surface area (Å²) in [5, 5.41) is 11.5. The van der Waals surface area contributed by atoms with E-state index in [9.17, 15) is 18.9 Å². The van der Waals surface area contributed by atoms with Gasteiger partial charge in [-0.15, -0.1) is 0 Å². The monoisotopic (exact) mass is 372 g/mol. The number of methoxy groups -OCH3 is 1. The number of aromatic nitrogens is 1. The first kappa shape index (κ1) is 18.2. The predicted octanol–water partition coefficient (Wildman–Crippen LogP) is 4.92. The van der Waals surface area contributed by atoms with Crippen molar-refractivity contribution in [2.75, 3.05) is 7.11 Å². The van der Waals surface area contributed by atoms with E-state index in [1.54, 1.807) is 48.6 Å². The lowest BCUT2D eigenvalue weighted by molar-refractivity contribution is -0.383. The molecule has 0 aliphatic rings. The zero-order valence-electron chi connectivity index (χ0n) is 14.1. The third kappa shape index (κ3) is 4.17. The van der Waals surface area contributed by atoms with E-state index >= 15 is 0 Å². The molecule has 6 nitrogen and oxygen atoms in total. The number of nitro groups is 1. The van der Waals surface area contributed by atoms with Gasteiger partial charge in [0.05, 0.1) is 28.6 Å². The van der Waals surface area contributed by atoms with Gasteiger partial charge in [-0.3, -0.25) is 10.1 Å². The van der Waals surface area contributed by atoms with E-state index in [1.165, 1.54) is 19.2 Å². The second-order valence-corrected chi connectivity index (χ2v) is 5.46. The van der Waals surface area contributed by atoms with Crippen LogP contribution < -0.4 is 9.47 Å². The maximum Gasteiger partial charge on any atom is 0.387 e. The summed E-state index contributed by atoms with van der Waals surface area (Å²) in [6.45, 7) is -2.94. The SMILES string of the molecule is COc1cc(C=Cc2ccc3c([N+](=O)[O-])cccc3n2)ccc1OC(F)F. The normalized spacial score (nSPS) is 11.3. The third-order valence-corrected chi connectivity index (χ3v) is 3.78. The molecule has 2 aromatic carbocycles. The number of ether oxygens (including phenoxy) is 2. The average molecular weight is 372 g/mol. The van der Waals surface area contributed by atoms with Gasteiger partial charge in [0, 0.05) is 6.07 Å². The molecule has 8 heteroatoms. The number of hydrogen-bond acceptors (Lipinski definition) is 5. The van der Waals surface area contributed by atoms with Crippen LogP contribution in [-0.4, -0.2) is 23.6 Å². The Morgan fingerprint density at radius 2 is 1.93 bits per heavy atom. The zero-order valence-corrected chi connectivity index (χ0v) is 14.1. The van der Waals surface area contributed by atoms with Gasteiger partial charge in [-0.1, -0.05) is 18.2 Å². The summed E-state index contributed by atoms with van der Waals surface area (Å²) in [6.07, 6.45) is 3.43. The van der Waals surface area contributed by atoms with Crippen molar-refractivity contribution in [3.8, 4) is 11.5 Å². The summed E-state index contributed by atoms with van der Waals surface area (Å²) in [6, 6.07) is 12.5. The van der Waals surface area contributed by atoms with Gasteiger partial charge in [0.25, 0.3) is 5.69 Å². The molecule has 0 bridgehead atoms. The second kappa shape index (κ2) is 7.77. The standard InChI is InChI=1S/C19H14F2N2O4/c1-26-18-11-12(6-10-17(18)27-19(20)21)5-7-13-8-9-14-15(22-13)3-2-4-16(14)23(24)25/h2-11,19H,1H3. The van der Waals surface area contributed by atoms with Crippen LogP contribution >= 0.6 is 0 Å². The third-order valence-electron chi connectivity index (χ3n) is 3.78. The molecule has 0 spiro atoms. The smallest absolute Gasteiger partial charge is 0.387 e. The highest BCUT2D eigenvalue weighted by Crippen LogP contribution is 2.30. The number of rotatable bonds is 6. The van der Waals surface area contributed by atoms with Gasteiger partial charge in [-0.25, -0.2) is 4.98 Å². The lowest BCUT2D eigenvalue weighted by atomic mass is 10.1. The molecule has 3 aromatic rings. The fourth-order valence-corrected chi connectivity index (χ4v) is 2.57. The van der Waals surface area contributed by atoms with Crippen LogP contribution in [-0.2, 0) is 0 Å². The van der Waals surface area contributed by atoms with Crippen molar-refractivity contribution in [2.45, 2.75) is 6.61 Å². The molecule has 1 aromatic heterocycles. The number of hydrogen-bond donors (Lipinski definition) is 0. The van der Waals surface area contributed by atoms with Crippen molar-refractivity contribution in [1.29, 1.82) is 0 Å². The van der Waals surface area contributed by atoms with Gasteiger partial charge in [0.2, 0.25) is 0 Å². The van der Waals surface area contributed by atoms with Crippen LogP contribution in [0.25, 0.3) is 23.1 Å². The van der Waals surface area contributed by atoms with E-state index in [0.717, 1.165) is 0 Å². The Bertz CT molecular complexity index is 1020. The number of alkyl halides is 2. The van der Waals surface area contributed by atoms with E-state index in [4.69, 9.17) is 4.74 Å². The van der Waals surface area contributed by atoms with Gasteiger partial charge in [-0.05, 0) is 42.0 Å². The van der Waals surface area contributed by atoms with E-state index in [1.807, 2.05) is 0 Å². The van der Waals surface area contributed by atoms with Crippen LogP contribution in [0.1, 0.15) is 11.3 Å². The Kier molecular flexibility index (Phi) is 5.25. The number of halogens is 2. The molecule has 0 aliphatic carbocycles. The number of benzene rings is 2. The van der Waals surface area contributed by atoms with Crippen LogP contribution in [0.2, 0.25) is 0 Å². The van der Waals surface area contributed by atoms with Crippen LogP contribution in [0.3, 0.4) is 0 Å². The van der Waals surface area contributed by atoms with E-state index in [-0.39, 0.29) is 17.2 Å². The molecule has 0 saturated carbocycles. The van der Waals surface area contributed by atoms with Crippen LogP contribution in [0.5, 0.6) is 11.5 Å². The molecule has 0 radical (unpaired) electrons. The van der Waals surface area contributed by atoms with E-state index in [2.05, 4.69) is 9.72 Å². The van der Waals surface area contributed by atoms with E-state index in [0.29, 0.717) is 22.2 Å². The maximum absolute atomic E-state index is 12.4. The minimum atomic E-state index is -2.94. The first-order chi connectivity index (χ1) is 13.0. The van der Waals surface area contributed by atoms with Gasteiger partial charge < -0.3 is 9.47 Å². The van der Waals surface area contributed by atoms with Crippen LogP contribution in [0.4, 0.5) is 14.5 Å². The Morgan fingerprint density at radius 1 is 1.11 bits per heavy atom. The summed E-state index contributed by atoms with van der Waals surface area (Å²) in [5.41, 5.74) is 1.78. The molecule has 138 valence electrons. The molecule has 0 atom stereocenters. The highest BCUT2D eigenvalue weighted by Gasteiger charge is 2.12. The molecule has 3 rings (SSSR count). The Hall–Kier alpha value is -3.55. The van der Waals surface area contributed by atoms with Crippen molar-refractivity contribution in [2.24, 2.45) is 0 Å². The Balaban J connectivity index is 1.88. The highest BCUT2D eigenvalue weighted by atomic mass is 19.3. The lowest BCUT2D eigenvalue weighted by Crippen LogP contribution is -2.03. The number of non-ortho nitro benzene ring substituents is 1. The minimum absolute atomic E-state index is 0.00474. The number of pyridine rings is 1. The highest BCUT2D eigenvalue weighted by molar-refractivity contribution is 5.89. The molecule has 0 unspecified atom stereocenters. The molecular formula is C19H14F2N2O4. The van der Waals surface area contributed by atoms with Gasteiger partial charge in [-0.2, -0.15) is 8.78 Å². The van der Waals surface area contributed by atoms with Crippen molar-refractivity contribution < 1.29 is 23.2 Å². The average Bonchev–Trinajstić information content (AvgIpc) is 2.65. The number of fused-ring (bicyclic) bond motifs is 1. The van der Waals surface area contributed by atoms with Gasteiger partial charge >= 0.3 is 6.61 Å². The van der Waals surface area contributed by atoms with Crippen LogP contribution in [0, 0.1) is 10.1 Å². The predicted molar refractivity (Wildman–Crippen MR) is 97.0 cm³/mol. The molecule has 1 heterocycles. The summed E-state index contributed by atoms with van der Waals surface area (Å²) >= 11 is 0. The van der Waals surface area contributed by atoms with Crippen molar-refractivity contribution in [3.05, 3.63) is 69.9 Å².